The van der Waals surface area contributed by atoms with Gasteiger partial charge in [-0.3, -0.25) is 14.4 Å². The minimum atomic E-state index is -0.161. The molecular formula is C22H22N4O3. The van der Waals surface area contributed by atoms with Crippen LogP contribution in [0.5, 0.6) is 0 Å². The van der Waals surface area contributed by atoms with Crippen molar-refractivity contribution in [3.05, 3.63) is 71.4 Å². The molecule has 7 nitrogen and oxygen atoms in total. The highest BCUT2D eigenvalue weighted by atomic mass is 16.2. The fourth-order valence-corrected chi connectivity index (χ4v) is 3.54. The topological polar surface area (TPSA) is 83.4 Å². The van der Waals surface area contributed by atoms with E-state index in [0.717, 1.165) is 16.5 Å². The van der Waals surface area contributed by atoms with Gasteiger partial charge in [0.25, 0.3) is 11.8 Å². The second-order valence-electron chi connectivity index (χ2n) is 7.10. The highest BCUT2D eigenvalue weighted by Crippen LogP contribution is 2.18. The summed E-state index contributed by atoms with van der Waals surface area (Å²) in [5.41, 5.74) is 3.03. The summed E-state index contributed by atoms with van der Waals surface area (Å²) in [6.45, 7) is 1.43. The first kappa shape index (κ1) is 18.7. The van der Waals surface area contributed by atoms with E-state index in [1.54, 1.807) is 12.1 Å². The monoisotopic (exact) mass is 390 g/mol. The lowest BCUT2D eigenvalue weighted by Gasteiger charge is -2.26. The first-order valence-corrected chi connectivity index (χ1v) is 9.50. The minimum Gasteiger partial charge on any atom is -0.353 e. The molecule has 0 saturated carbocycles. The van der Waals surface area contributed by atoms with E-state index in [4.69, 9.17) is 0 Å². The number of benzene rings is 2. The molecule has 3 aromatic rings. The molecule has 7 heteroatoms. The number of hydrogen-bond acceptors (Lipinski definition) is 3. The van der Waals surface area contributed by atoms with Gasteiger partial charge in [0.2, 0.25) is 5.91 Å². The number of amides is 3. The van der Waals surface area contributed by atoms with Crippen LogP contribution in [0.1, 0.15) is 26.4 Å². The van der Waals surface area contributed by atoms with Gasteiger partial charge >= 0.3 is 0 Å². The summed E-state index contributed by atoms with van der Waals surface area (Å²) in [4.78, 5) is 38.1. The third-order valence-corrected chi connectivity index (χ3v) is 5.16. The van der Waals surface area contributed by atoms with Crippen molar-refractivity contribution < 1.29 is 14.4 Å². The van der Waals surface area contributed by atoms with Gasteiger partial charge in [0.05, 0.1) is 6.54 Å². The van der Waals surface area contributed by atoms with Crippen LogP contribution in [0.15, 0.2) is 54.6 Å². The maximum Gasteiger partial charge on any atom is 0.268 e. The van der Waals surface area contributed by atoms with E-state index in [1.165, 1.54) is 4.90 Å². The van der Waals surface area contributed by atoms with Gasteiger partial charge in [-0.15, -0.1) is 0 Å². The van der Waals surface area contributed by atoms with E-state index < -0.39 is 0 Å². The summed E-state index contributed by atoms with van der Waals surface area (Å²) < 4.78 is 1.88. The van der Waals surface area contributed by atoms with Crippen molar-refractivity contribution in [2.24, 2.45) is 7.05 Å². The Morgan fingerprint density at radius 1 is 1.10 bits per heavy atom. The molecule has 0 aliphatic carbocycles. The Hall–Kier alpha value is -3.61. The molecule has 0 atom stereocenters. The van der Waals surface area contributed by atoms with Crippen LogP contribution in [0.4, 0.5) is 0 Å². The van der Waals surface area contributed by atoms with Gasteiger partial charge in [-0.25, -0.2) is 0 Å². The molecule has 1 fully saturated rings. The van der Waals surface area contributed by atoms with Crippen LogP contribution >= 0.6 is 0 Å². The summed E-state index contributed by atoms with van der Waals surface area (Å²) in [5.74, 6) is -0.452. The molecule has 1 saturated heterocycles. The van der Waals surface area contributed by atoms with Crippen LogP contribution in [0.3, 0.4) is 0 Å². The first-order valence-electron chi connectivity index (χ1n) is 9.50. The number of piperazine rings is 1. The number of nitrogens with zero attached hydrogens (tertiary/aromatic N) is 2. The van der Waals surface area contributed by atoms with Crippen LogP contribution in [-0.4, -0.2) is 46.8 Å². The average molecular weight is 390 g/mol. The van der Waals surface area contributed by atoms with Crippen LogP contribution in [0.25, 0.3) is 10.9 Å². The molecular weight excluding hydrogens is 368 g/mol. The molecule has 0 unspecified atom stereocenters. The zero-order valence-corrected chi connectivity index (χ0v) is 16.1. The van der Waals surface area contributed by atoms with E-state index in [-0.39, 0.29) is 24.3 Å². The normalized spacial score (nSPS) is 14.0. The highest BCUT2D eigenvalue weighted by Gasteiger charge is 2.22. The zero-order chi connectivity index (χ0) is 20.4. The lowest BCUT2D eigenvalue weighted by molar-refractivity contribution is -0.123. The van der Waals surface area contributed by atoms with Gasteiger partial charge in [0.1, 0.15) is 5.69 Å². The zero-order valence-electron chi connectivity index (χ0n) is 16.1. The average Bonchev–Trinajstić information content (AvgIpc) is 3.09. The van der Waals surface area contributed by atoms with Crippen molar-refractivity contribution in [3.63, 3.8) is 0 Å². The highest BCUT2D eigenvalue weighted by molar-refractivity contribution is 5.99. The summed E-state index contributed by atoms with van der Waals surface area (Å²) in [6.07, 6.45) is 0. The third-order valence-electron chi connectivity index (χ3n) is 5.16. The van der Waals surface area contributed by atoms with Gasteiger partial charge in [0.15, 0.2) is 0 Å². The Bertz CT molecular complexity index is 1090. The largest absolute Gasteiger partial charge is 0.353 e. The molecule has 2 N–H and O–H groups in total. The van der Waals surface area contributed by atoms with Gasteiger partial charge in [-0.2, -0.15) is 0 Å². The number of carbonyl (C=O) groups is 3. The van der Waals surface area contributed by atoms with Crippen LogP contribution < -0.4 is 10.6 Å². The molecule has 29 heavy (non-hydrogen) atoms. The van der Waals surface area contributed by atoms with Gasteiger partial charge in [-0.1, -0.05) is 30.3 Å². The quantitative estimate of drug-likeness (QED) is 0.711. The van der Waals surface area contributed by atoms with Crippen molar-refractivity contribution in [2.45, 2.75) is 6.54 Å². The molecule has 2 heterocycles. The van der Waals surface area contributed by atoms with E-state index in [1.807, 2.05) is 54.1 Å². The fourth-order valence-electron chi connectivity index (χ4n) is 3.54. The number of aryl methyl sites for hydroxylation is 1. The molecule has 2 aromatic carbocycles. The van der Waals surface area contributed by atoms with Gasteiger partial charge in [-0.05, 0) is 29.8 Å². The number of fused-ring (bicyclic) bond motifs is 1. The maximum atomic E-state index is 12.6. The van der Waals surface area contributed by atoms with Crippen LogP contribution in [0, 0.1) is 0 Å². The van der Waals surface area contributed by atoms with Crippen LogP contribution in [-0.2, 0) is 18.4 Å². The first-order chi connectivity index (χ1) is 14.0. The summed E-state index contributed by atoms with van der Waals surface area (Å²) in [7, 11) is 1.87. The Morgan fingerprint density at radius 3 is 2.59 bits per heavy atom. The van der Waals surface area contributed by atoms with E-state index in [2.05, 4.69) is 10.6 Å². The minimum absolute atomic E-state index is 0.0850. The van der Waals surface area contributed by atoms with Crippen molar-refractivity contribution >= 4 is 28.6 Å². The molecule has 4 rings (SSSR count). The number of para-hydroxylation sites is 1. The number of aromatic nitrogens is 1. The summed E-state index contributed by atoms with van der Waals surface area (Å²) >= 11 is 0. The second kappa shape index (κ2) is 7.79. The van der Waals surface area contributed by atoms with Crippen molar-refractivity contribution in [3.8, 4) is 0 Å². The predicted octanol–water partition coefficient (Wildman–Crippen LogP) is 1.68. The van der Waals surface area contributed by atoms with Crippen molar-refractivity contribution in [2.75, 3.05) is 19.6 Å². The molecule has 148 valence electrons. The number of rotatable bonds is 4. The van der Waals surface area contributed by atoms with Gasteiger partial charge in [0, 0.05) is 43.1 Å². The van der Waals surface area contributed by atoms with E-state index in [9.17, 15) is 14.4 Å². The van der Waals surface area contributed by atoms with Crippen molar-refractivity contribution in [1.29, 1.82) is 0 Å². The maximum absolute atomic E-state index is 12.6. The molecule has 0 spiro atoms. The number of carbonyl (C=O) groups excluding carboxylic acids is 3. The fraction of sp³-hybridized carbons (Fsp3) is 0.227. The Kier molecular flexibility index (Phi) is 5.03. The van der Waals surface area contributed by atoms with Gasteiger partial charge < -0.3 is 20.1 Å². The lowest BCUT2D eigenvalue weighted by atomic mass is 10.1. The molecule has 0 bridgehead atoms. The third kappa shape index (κ3) is 3.85. The summed E-state index contributed by atoms with van der Waals surface area (Å²) in [5, 5.41) is 6.66. The molecule has 3 amide bonds. The Labute approximate surface area is 168 Å². The standard InChI is InChI=1S/C22H22N4O3/c1-25-18-5-3-2-4-17(18)12-19(25)21(28)24-13-15-6-8-16(9-7-15)22(29)26-11-10-23-20(27)14-26/h2-9,12H,10-11,13-14H2,1H3,(H,23,27)(H,24,28). The summed E-state index contributed by atoms with van der Waals surface area (Å²) in [6, 6.07) is 16.8. The molecule has 1 aliphatic rings. The SMILES string of the molecule is Cn1c(C(=O)NCc2ccc(C(=O)N3CCNC(=O)C3)cc2)cc2ccccc21. The van der Waals surface area contributed by atoms with E-state index >= 15 is 0 Å². The predicted molar refractivity (Wildman–Crippen MR) is 109 cm³/mol. The lowest BCUT2D eigenvalue weighted by Crippen LogP contribution is -2.49. The molecule has 0 radical (unpaired) electrons. The molecule has 1 aromatic heterocycles. The Morgan fingerprint density at radius 2 is 1.86 bits per heavy atom. The second-order valence-corrected chi connectivity index (χ2v) is 7.10. The Balaban J connectivity index is 1.39. The number of hydrogen-bond donors (Lipinski definition) is 2. The smallest absolute Gasteiger partial charge is 0.268 e. The number of nitrogens with one attached hydrogen (secondary N) is 2. The molecule has 1 aliphatic heterocycles. The van der Waals surface area contributed by atoms with Crippen molar-refractivity contribution in [1.82, 2.24) is 20.1 Å². The van der Waals surface area contributed by atoms with Crippen LogP contribution in [0.2, 0.25) is 0 Å². The van der Waals surface area contributed by atoms with E-state index in [0.29, 0.717) is 30.9 Å².